The molecule has 2 aromatic heterocycles. The number of carbonyl (C=O) groups excluding carboxylic acids is 1. The van der Waals surface area contributed by atoms with E-state index in [1.54, 1.807) is 12.1 Å². The molecular formula is C15H17N7O2. The lowest BCUT2D eigenvalue weighted by atomic mass is 10.2. The van der Waals surface area contributed by atoms with Crippen LogP contribution in [0.25, 0.3) is 10.9 Å². The number of fused-ring (bicyclic) bond motifs is 1. The van der Waals surface area contributed by atoms with Crippen molar-refractivity contribution in [3.8, 4) is 0 Å². The van der Waals surface area contributed by atoms with Crippen molar-refractivity contribution in [1.82, 2.24) is 29.9 Å². The molecule has 0 aliphatic rings. The van der Waals surface area contributed by atoms with Crippen LogP contribution in [0.3, 0.4) is 0 Å². The van der Waals surface area contributed by atoms with Crippen LogP contribution in [0, 0.1) is 0 Å². The Morgan fingerprint density at radius 2 is 1.88 bits per heavy atom. The Labute approximate surface area is 137 Å². The molecule has 0 atom stereocenters. The number of nitrogens with one attached hydrogen (secondary N) is 1. The molecular weight excluding hydrogens is 310 g/mol. The molecule has 2 heterocycles. The maximum Gasteiger partial charge on any atom is 0.277 e. The summed E-state index contributed by atoms with van der Waals surface area (Å²) in [5, 5.41) is 15.8. The molecule has 24 heavy (non-hydrogen) atoms. The molecule has 0 aliphatic heterocycles. The highest BCUT2D eigenvalue weighted by Crippen LogP contribution is 2.05. The summed E-state index contributed by atoms with van der Waals surface area (Å²) >= 11 is 0. The van der Waals surface area contributed by atoms with Gasteiger partial charge in [-0.1, -0.05) is 23.8 Å². The first-order valence-electron chi connectivity index (χ1n) is 7.71. The van der Waals surface area contributed by atoms with Crippen molar-refractivity contribution in [2.45, 2.75) is 32.2 Å². The molecule has 3 rings (SSSR count). The van der Waals surface area contributed by atoms with Crippen LogP contribution in [0.15, 0.2) is 41.7 Å². The molecule has 0 saturated heterocycles. The Hall–Kier alpha value is -3.10. The zero-order valence-electron chi connectivity index (χ0n) is 13.0. The Balaban J connectivity index is 1.44. The van der Waals surface area contributed by atoms with Crippen LogP contribution in [-0.2, 0) is 11.3 Å². The molecule has 0 saturated carbocycles. The lowest BCUT2D eigenvalue weighted by molar-refractivity contribution is -0.117. The van der Waals surface area contributed by atoms with Crippen molar-refractivity contribution in [3.63, 3.8) is 0 Å². The normalized spacial score (nSPS) is 10.8. The van der Waals surface area contributed by atoms with E-state index in [1.807, 2.05) is 12.1 Å². The van der Waals surface area contributed by atoms with Crippen LogP contribution in [0.1, 0.15) is 25.7 Å². The van der Waals surface area contributed by atoms with Crippen LogP contribution in [0.5, 0.6) is 0 Å². The van der Waals surface area contributed by atoms with Crippen molar-refractivity contribution in [2.24, 2.45) is 0 Å². The number of aryl methyl sites for hydroxylation is 1. The van der Waals surface area contributed by atoms with Crippen LogP contribution < -0.4 is 11.0 Å². The zero-order valence-corrected chi connectivity index (χ0v) is 13.0. The quantitative estimate of drug-likeness (QED) is 0.640. The average Bonchev–Trinajstić information content (AvgIpc) is 3.09. The van der Waals surface area contributed by atoms with Gasteiger partial charge in [-0.2, -0.15) is 0 Å². The Morgan fingerprint density at radius 1 is 1.08 bits per heavy atom. The van der Waals surface area contributed by atoms with Gasteiger partial charge in [-0.05, 0) is 25.0 Å². The minimum atomic E-state index is -0.133. The second-order valence-electron chi connectivity index (χ2n) is 5.35. The molecule has 3 aromatic rings. The van der Waals surface area contributed by atoms with E-state index in [2.05, 4.69) is 25.9 Å². The SMILES string of the molecule is O=C(CCCCCn1nnc2ccccc2c1=O)Nn1cnnc1. The van der Waals surface area contributed by atoms with Gasteiger partial charge in [-0.25, -0.2) is 9.36 Å². The molecule has 1 N–H and O–H groups in total. The van der Waals surface area contributed by atoms with E-state index in [4.69, 9.17) is 0 Å². The van der Waals surface area contributed by atoms with Crippen LogP contribution in [0.4, 0.5) is 0 Å². The molecule has 0 fully saturated rings. The van der Waals surface area contributed by atoms with Crippen molar-refractivity contribution < 1.29 is 4.79 Å². The number of nitrogens with zero attached hydrogens (tertiary/aromatic N) is 6. The molecule has 124 valence electrons. The first kappa shape index (κ1) is 15.8. The Bertz CT molecular complexity index is 873. The Kier molecular flexibility index (Phi) is 4.90. The van der Waals surface area contributed by atoms with Gasteiger partial charge in [0.15, 0.2) is 0 Å². The van der Waals surface area contributed by atoms with Crippen molar-refractivity contribution in [2.75, 3.05) is 5.43 Å². The number of unbranched alkanes of at least 4 members (excludes halogenated alkanes) is 2. The van der Waals surface area contributed by atoms with Crippen molar-refractivity contribution in [3.05, 3.63) is 47.3 Å². The minimum absolute atomic E-state index is 0.0996. The van der Waals surface area contributed by atoms with Gasteiger partial charge in [0.2, 0.25) is 5.91 Å². The van der Waals surface area contributed by atoms with Crippen molar-refractivity contribution >= 4 is 16.8 Å². The molecule has 0 radical (unpaired) electrons. The lowest BCUT2D eigenvalue weighted by Gasteiger charge is -2.06. The summed E-state index contributed by atoms with van der Waals surface area (Å²) in [6.45, 7) is 0.490. The van der Waals surface area contributed by atoms with Gasteiger partial charge in [-0.3, -0.25) is 15.0 Å². The molecule has 0 bridgehead atoms. The fourth-order valence-electron chi connectivity index (χ4n) is 2.35. The van der Waals surface area contributed by atoms with E-state index in [-0.39, 0.29) is 11.5 Å². The number of hydrogen-bond acceptors (Lipinski definition) is 6. The molecule has 9 nitrogen and oxygen atoms in total. The summed E-state index contributed by atoms with van der Waals surface area (Å²) in [7, 11) is 0. The lowest BCUT2D eigenvalue weighted by Crippen LogP contribution is -2.24. The summed E-state index contributed by atoms with van der Waals surface area (Å²) in [6, 6.07) is 7.15. The van der Waals surface area contributed by atoms with Gasteiger partial charge >= 0.3 is 0 Å². The third-order valence-corrected chi connectivity index (χ3v) is 3.58. The predicted molar refractivity (Wildman–Crippen MR) is 86.7 cm³/mol. The summed E-state index contributed by atoms with van der Waals surface area (Å²) in [6.07, 6.45) is 5.54. The zero-order chi connectivity index (χ0) is 16.8. The maximum atomic E-state index is 12.3. The number of hydrogen-bond donors (Lipinski definition) is 1. The van der Waals surface area contributed by atoms with Gasteiger partial charge in [-0.15, -0.1) is 15.3 Å². The van der Waals surface area contributed by atoms with E-state index < -0.39 is 0 Å². The largest absolute Gasteiger partial charge is 0.277 e. The third kappa shape index (κ3) is 3.80. The van der Waals surface area contributed by atoms with Crippen LogP contribution in [0.2, 0.25) is 0 Å². The van der Waals surface area contributed by atoms with Gasteiger partial charge in [0.1, 0.15) is 18.2 Å². The third-order valence-electron chi connectivity index (χ3n) is 3.58. The van der Waals surface area contributed by atoms with E-state index in [0.717, 1.165) is 19.3 Å². The van der Waals surface area contributed by atoms with Gasteiger partial charge in [0.25, 0.3) is 5.56 Å². The van der Waals surface area contributed by atoms with E-state index in [0.29, 0.717) is 23.9 Å². The average molecular weight is 327 g/mol. The molecule has 9 heteroatoms. The highest BCUT2D eigenvalue weighted by molar-refractivity contribution is 5.83. The molecule has 0 unspecified atom stereocenters. The summed E-state index contributed by atoms with van der Waals surface area (Å²) in [4.78, 5) is 23.9. The summed E-state index contributed by atoms with van der Waals surface area (Å²) < 4.78 is 2.78. The highest BCUT2D eigenvalue weighted by Gasteiger charge is 2.05. The maximum absolute atomic E-state index is 12.3. The molecule has 1 amide bonds. The number of benzene rings is 1. The van der Waals surface area contributed by atoms with E-state index in [9.17, 15) is 9.59 Å². The van der Waals surface area contributed by atoms with E-state index in [1.165, 1.54) is 22.0 Å². The van der Waals surface area contributed by atoms with Gasteiger partial charge in [0, 0.05) is 13.0 Å². The first-order valence-corrected chi connectivity index (χ1v) is 7.71. The second-order valence-corrected chi connectivity index (χ2v) is 5.35. The summed E-state index contributed by atoms with van der Waals surface area (Å²) in [5.74, 6) is -0.0996. The minimum Gasteiger partial charge on any atom is -0.273 e. The van der Waals surface area contributed by atoms with Crippen LogP contribution >= 0.6 is 0 Å². The number of aromatic nitrogens is 6. The fraction of sp³-hybridized carbons (Fsp3) is 0.333. The fourth-order valence-corrected chi connectivity index (χ4v) is 2.35. The summed E-state index contributed by atoms with van der Waals surface area (Å²) in [5.41, 5.74) is 3.10. The topological polar surface area (TPSA) is 108 Å². The molecule has 0 aliphatic carbocycles. The van der Waals surface area contributed by atoms with Crippen molar-refractivity contribution in [1.29, 1.82) is 0 Å². The number of rotatable bonds is 7. The highest BCUT2D eigenvalue weighted by atomic mass is 16.2. The van der Waals surface area contributed by atoms with E-state index >= 15 is 0 Å². The first-order chi connectivity index (χ1) is 11.7. The smallest absolute Gasteiger partial charge is 0.273 e. The predicted octanol–water partition coefficient (Wildman–Crippen LogP) is 0.714. The van der Waals surface area contributed by atoms with Gasteiger partial charge in [0.05, 0.1) is 5.39 Å². The number of amides is 1. The monoisotopic (exact) mass is 327 g/mol. The van der Waals surface area contributed by atoms with Crippen LogP contribution in [-0.4, -0.2) is 35.8 Å². The molecule has 0 spiro atoms. The standard InChI is InChI=1S/C15H17N7O2/c23-14(19-21-10-16-17-11-21)8-2-1-5-9-22-15(24)12-6-3-4-7-13(12)18-20-22/h3-4,6-7,10-11H,1-2,5,8-9H2,(H,19,23). The number of carbonyl (C=O) groups is 1. The molecule has 1 aromatic carbocycles. The van der Waals surface area contributed by atoms with Gasteiger partial charge < -0.3 is 0 Å². The second kappa shape index (κ2) is 7.44. The Morgan fingerprint density at radius 3 is 2.71 bits per heavy atom.